The molecule has 38 heavy (non-hydrogen) atoms. The van der Waals surface area contributed by atoms with E-state index in [1.54, 1.807) is 78.7 Å². The summed E-state index contributed by atoms with van der Waals surface area (Å²) in [5, 5.41) is 14.0. The summed E-state index contributed by atoms with van der Waals surface area (Å²) in [7, 11) is 1.80. The molecule has 9 heteroatoms. The van der Waals surface area contributed by atoms with Gasteiger partial charge in [0, 0.05) is 41.9 Å². The van der Waals surface area contributed by atoms with E-state index in [0.717, 1.165) is 12.5 Å². The monoisotopic (exact) mass is 571 g/mol. The molecular formula is C29H22Cl3F2N3O. The van der Waals surface area contributed by atoms with Crippen LogP contribution in [0.5, 0.6) is 0 Å². The van der Waals surface area contributed by atoms with Crippen molar-refractivity contribution in [3.05, 3.63) is 128 Å². The SMILES string of the molecule is Cn1cncc1C(O)(c1ccc(Cl)cc1)c1ccc2nc(Cl)c(Cc3ccc(C(C)(F)F)cc3)c(Cl)c2c1. The van der Waals surface area contributed by atoms with Crippen LogP contribution < -0.4 is 0 Å². The van der Waals surface area contributed by atoms with Gasteiger partial charge in [0.15, 0.2) is 5.60 Å². The van der Waals surface area contributed by atoms with Gasteiger partial charge in [-0.05, 0) is 41.0 Å². The third kappa shape index (κ3) is 4.78. The molecule has 0 saturated carbocycles. The Bertz CT molecular complexity index is 1630. The molecule has 0 aliphatic heterocycles. The average Bonchev–Trinajstić information content (AvgIpc) is 3.32. The van der Waals surface area contributed by atoms with E-state index in [0.29, 0.717) is 49.8 Å². The Morgan fingerprint density at radius 3 is 2.13 bits per heavy atom. The van der Waals surface area contributed by atoms with Crippen LogP contribution in [-0.2, 0) is 25.0 Å². The molecule has 4 nitrogen and oxygen atoms in total. The molecule has 194 valence electrons. The van der Waals surface area contributed by atoms with Gasteiger partial charge < -0.3 is 9.67 Å². The highest BCUT2D eigenvalue weighted by Crippen LogP contribution is 2.40. The molecule has 0 saturated heterocycles. The van der Waals surface area contributed by atoms with E-state index in [1.165, 1.54) is 12.1 Å². The number of fused-ring (bicyclic) bond motifs is 1. The molecule has 5 aromatic rings. The third-order valence-electron chi connectivity index (χ3n) is 6.67. The fourth-order valence-corrected chi connectivity index (χ4v) is 5.32. The van der Waals surface area contributed by atoms with E-state index in [1.807, 2.05) is 0 Å². The van der Waals surface area contributed by atoms with Crippen molar-refractivity contribution >= 4 is 45.7 Å². The van der Waals surface area contributed by atoms with Crippen molar-refractivity contribution in [2.45, 2.75) is 24.9 Å². The first-order chi connectivity index (χ1) is 18.0. The van der Waals surface area contributed by atoms with Crippen LogP contribution in [0.15, 0.2) is 79.3 Å². The minimum absolute atomic E-state index is 0.0728. The van der Waals surface area contributed by atoms with Crippen LogP contribution in [0.2, 0.25) is 15.2 Å². The molecule has 0 aliphatic carbocycles. The normalized spacial score (nSPS) is 13.6. The fraction of sp³-hybridized carbons (Fsp3) is 0.172. The van der Waals surface area contributed by atoms with Crippen molar-refractivity contribution in [3.63, 3.8) is 0 Å². The third-order valence-corrected chi connectivity index (χ3v) is 7.67. The molecule has 0 amide bonds. The highest BCUT2D eigenvalue weighted by atomic mass is 35.5. The maximum Gasteiger partial charge on any atom is 0.270 e. The quantitative estimate of drug-likeness (QED) is 0.210. The molecule has 5 rings (SSSR count). The molecule has 2 heterocycles. The van der Waals surface area contributed by atoms with Gasteiger partial charge in [0.05, 0.1) is 28.8 Å². The van der Waals surface area contributed by atoms with Crippen LogP contribution in [0.1, 0.15) is 40.4 Å². The predicted molar refractivity (Wildman–Crippen MR) is 147 cm³/mol. The number of nitrogens with zero attached hydrogens (tertiary/aromatic N) is 3. The smallest absolute Gasteiger partial charge is 0.270 e. The van der Waals surface area contributed by atoms with E-state index in [9.17, 15) is 13.9 Å². The number of imidazole rings is 1. The largest absolute Gasteiger partial charge is 0.374 e. The first-order valence-corrected chi connectivity index (χ1v) is 12.8. The Labute approximate surface area is 233 Å². The van der Waals surface area contributed by atoms with Crippen molar-refractivity contribution in [1.29, 1.82) is 0 Å². The van der Waals surface area contributed by atoms with Crippen molar-refractivity contribution in [2.24, 2.45) is 7.05 Å². The Hall–Kier alpha value is -3.03. The van der Waals surface area contributed by atoms with Crippen molar-refractivity contribution in [1.82, 2.24) is 14.5 Å². The van der Waals surface area contributed by atoms with Crippen LogP contribution in [0, 0.1) is 0 Å². The minimum Gasteiger partial charge on any atom is -0.374 e. The molecule has 0 radical (unpaired) electrons. The minimum atomic E-state index is -2.93. The zero-order valence-electron chi connectivity index (χ0n) is 20.4. The maximum absolute atomic E-state index is 13.6. The number of alkyl halides is 2. The summed E-state index contributed by atoms with van der Waals surface area (Å²) in [6, 6.07) is 18.3. The molecule has 0 fully saturated rings. The molecular weight excluding hydrogens is 551 g/mol. The Kier molecular flexibility index (Phi) is 6.95. The molecule has 1 atom stereocenters. The second-order valence-electron chi connectivity index (χ2n) is 9.30. The van der Waals surface area contributed by atoms with E-state index >= 15 is 0 Å². The second kappa shape index (κ2) is 9.93. The number of pyridine rings is 1. The summed E-state index contributed by atoms with van der Waals surface area (Å²) in [6.07, 6.45) is 3.52. The van der Waals surface area contributed by atoms with Crippen LogP contribution in [-0.4, -0.2) is 19.6 Å². The lowest BCUT2D eigenvalue weighted by Gasteiger charge is -2.30. The van der Waals surface area contributed by atoms with E-state index < -0.39 is 11.5 Å². The lowest BCUT2D eigenvalue weighted by molar-refractivity contribution is 0.0174. The first-order valence-electron chi connectivity index (χ1n) is 11.7. The number of aryl methyl sites for hydroxylation is 1. The summed E-state index contributed by atoms with van der Waals surface area (Å²) >= 11 is 19.5. The standard InChI is InChI=1S/C29H22Cl3F2N3O/c1-28(33,34)18-5-3-17(4-6-18)13-23-26(31)22-14-20(9-12-24(22)36-27(23)32)29(38,25-15-35-16-37(25)2)19-7-10-21(30)11-8-19/h3-12,14-16,38H,13H2,1-2H3. The molecule has 0 aliphatic rings. The highest BCUT2D eigenvalue weighted by Gasteiger charge is 2.37. The summed E-state index contributed by atoms with van der Waals surface area (Å²) in [4.78, 5) is 8.73. The van der Waals surface area contributed by atoms with Gasteiger partial charge in [-0.3, -0.25) is 0 Å². The summed E-state index contributed by atoms with van der Waals surface area (Å²) < 4.78 is 29.0. The maximum atomic E-state index is 13.6. The second-order valence-corrected chi connectivity index (χ2v) is 10.5. The van der Waals surface area contributed by atoms with Crippen LogP contribution in [0.4, 0.5) is 8.78 Å². The number of rotatable bonds is 6. The van der Waals surface area contributed by atoms with Crippen molar-refractivity contribution < 1.29 is 13.9 Å². The van der Waals surface area contributed by atoms with Gasteiger partial charge in [-0.15, -0.1) is 0 Å². The molecule has 0 spiro atoms. The molecule has 2 aromatic heterocycles. The van der Waals surface area contributed by atoms with Gasteiger partial charge in [-0.2, -0.15) is 0 Å². The predicted octanol–water partition coefficient (Wildman–Crippen LogP) is 7.92. The zero-order chi connectivity index (χ0) is 27.2. The summed E-state index contributed by atoms with van der Waals surface area (Å²) in [5.74, 6) is -2.93. The lowest BCUT2D eigenvalue weighted by Crippen LogP contribution is -2.31. The Morgan fingerprint density at radius 2 is 1.53 bits per heavy atom. The van der Waals surface area contributed by atoms with E-state index in [2.05, 4.69) is 9.97 Å². The highest BCUT2D eigenvalue weighted by molar-refractivity contribution is 6.39. The van der Waals surface area contributed by atoms with Gasteiger partial charge in [0.1, 0.15) is 5.15 Å². The summed E-state index contributed by atoms with van der Waals surface area (Å²) in [6.45, 7) is 0.858. The van der Waals surface area contributed by atoms with Gasteiger partial charge in [0.2, 0.25) is 0 Å². The Morgan fingerprint density at radius 1 is 0.895 bits per heavy atom. The first kappa shape index (κ1) is 26.6. The number of benzene rings is 3. The van der Waals surface area contributed by atoms with Crippen molar-refractivity contribution in [3.8, 4) is 0 Å². The van der Waals surface area contributed by atoms with Gasteiger partial charge in [0.25, 0.3) is 5.92 Å². The van der Waals surface area contributed by atoms with Crippen LogP contribution in [0.3, 0.4) is 0 Å². The number of hydrogen-bond donors (Lipinski definition) is 1. The van der Waals surface area contributed by atoms with Crippen LogP contribution in [0.25, 0.3) is 10.9 Å². The van der Waals surface area contributed by atoms with Gasteiger partial charge in [-0.25, -0.2) is 18.7 Å². The van der Waals surface area contributed by atoms with Gasteiger partial charge in [-0.1, -0.05) is 77.3 Å². The van der Waals surface area contributed by atoms with E-state index in [4.69, 9.17) is 34.8 Å². The number of aromatic nitrogens is 3. The fourth-order valence-electron chi connectivity index (χ4n) is 4.59. The van der Waals surface area contributed by atoms with Gasteiger partial charge >= 0.3 is 0 Å². The average molecular weight is 573 g/mol. The zero-order valence-corrected chi connectivity index (χ0v) is 22.7. The number of aliphatic hydroxyl groups is 1. The molecule has 0 bridgehead atoms. The lowest BCUT2D eigenvalue weighted by atomic mass is 9.83. The topological polar surface area (TPSA) is 50.9 Å². The summed E-state index contributed by atoms with van der Waals surface area (Å²) in [5.41, 5.74) is 1.90. The molecule has 1 N–H and O–H groups in total. The molecule has 1 unspecified atom stereocenters. The van der Waals surface area contributed by atoms with Crippen molar-refractivity contribution in [2.75, 3.05) is 0 Å². The van der Waals surface area contributed by atoms with E-state index in [-0.39, 0.29) is 10.7 Å². The number of hydrogen-bond acceptors (Lipinski definition) is 3. The Balaban J connectivity index is 1.63. The number of halogens is 5. The van der Waals surface area contributed by atoms with Crippen LogP contribution >= 0.6 is 34.8 Å². The molecule has 3 aromatic carbocycles.